The Hall–Kier alpha value is -1.16. The number of aromatic amines is 3. The summed E-state index contributed by atoms with van der Waals surface area (Å²) in [5.74, 6) is 0. The number of hydrogen-bond donors (Lipinski definition) is 3. The molecule has 10 heavy (non-hydrogen) atoms. The first kappa shape index (κ1) is 8.84. The van der Waals surface area contributed by atoms with E-state index in [0.29, 0.717) is 0 Å². The number of rotatable bonds is 0. The Kier molecular flexibility index (Phi) is 2.76. The average Bonchev–Trinajstić information content (AvgIpc) is 1.59. The van der Waals surface area contributed by atoms with Crippen molar-refractivity contribution in [1.29, 1.82) is 0 Å². The highest BCUT2D eigenvalue weighted by molar-refractivity contribution is 6.92. The summed E-state index contributed by atoms with van der Waals surface area (Å²) < 4.78 is 0. The van der Waals surface area contributed by atoms with Gasteiger partial charge in [0.1, 0.15) is 0 Å². The fourth-order valence-corrected chi connectivity index (χ4v) is 0.403. The Labute approximate surface area is 57.3 Å². The largest absolute Gasteiger partial charge is 0.330 e. The minimum absolute atomic E-state index is 0. The molecule has 0 aliphatic heterocycles. The van der Waals surface area contributed by atoms with Gasteiger partial charge in [-0.3, -0.25) is 15.0 Å². The first-order chi connectivity index (χ1) is 4.18. The van der Waals surface area contributed by atoms with Crippen LogP contribution in [0.25, 0.3) is 0 Å². The molecule has 1 aromatic rings. The molecule has 1 atom stereocenters. The summed E-state index contributed by atoms with van der Waals surface area (Å²) in [7, 11) is 0. The van der Waals surface area contributed by atoms with Crippen molar-refractivity contribution in [2.75, 3.05) is 0 Å². The highest BCUT2D eigenvalue weighted by Crippen LogP contribution is 1.29. The minimum Gasteiger partial charge on any atom is -0.259 e. The molecule has 3 N–H and O–H groups in total. The van der Waals surface area contributed by atoms with Gasteiger partial charge in [-0.05, 0) is 0 Å². The van der Waals surface area contributed by atoms with E-state index in [-0.39, 0.29) is 9.90 Å². The van der Waals surface area contributed by atoms with Crippen LogP contribution >= 0.6 is 9.90 Å². The van der Waals surface area contributed by atoms with Gasteiger partial charge in [-0.15, -0.1) is 0 Å². The van der Waals surface area contributed by atoms with E-state index in [1.807, 2.05) is 0 Å². The first-order valence-electron chi connectivity index (χ1n) is 2.11. The van der Waals surface area contributed by atoms with Gasteiger partial charge in [0.2, 0.25) is 0 Å². The second-order valence-electron chi connectivity index (χ2n) is 1.36. The maximum absolute atomic E-state index is 10.2. The Morgan fingerprint density at radius 2 is 0.900 bits per heavy atom. The average molecular weight is 163 g/mol. The van der Waals surface area contributed by atoms with Gasteiger partial charge in [0.15, 0.2) is 0 Å². The third-order valence-corrected chi connectivity index (χ3v) is 0.681. The zero-order valence-corrected chi connectivity index (χ0v) is 6.35. The molecule has 7 heteroatoms. The molecule has 1 rings (SSSR count). The number of nitrogens with one attached hydrogen (secondary N) is 3. The third-order valence-electron chi connectivity index (χ3n) is 0.681. The number of aromatic nitrogens is 3. The summed E-state index contributed by atoms with van der Waals surface area (Å²) in [6.45, 7) is 0. The predicted octanol–water partition coefficient (Wildman–Crippen LogP) is -2.19. The van der Waals surface area contributed by atoms with Gasteiger partial charge in [-0.2, -0.15) is 9.90 Å². The molecule has 0 bridgehead atoms. The van der Waals surface area contributed by atoms with E-state index in [0.717, 1.165) is 0 Å². The molecule has 0 spiro atoms. The molecule has 0 aromatic carbocycles. The number of H-pyrrole nitrogens is 3. The van der Waals surface area contributed by atoms with Crippen LogP contribution in [0.4, 0.5) is 0 Å². The van der Waals surface area contributed by atoms with Crippen LogP contribution in [-0.2, 0) is 0 Å². The lowest BCUT2D eigenvalue weighted by Gasteiger charge is -1.77. The van der Waals surface area contributed by atoms with Crippen molar-refractivity contribution in [2.45, 2.75) is 0 Å². The summed E-state index contributed by atoms with van der Waals surface area (Å²) in [6, 6.07) is 0. The quantitative estimate of drug-likeness (QED) is 0.379. The zero-order chi connectivity index (χ0) is 6.85. The van der Waals surface area contributed by atoms with E-state index in [1.54, 1.807) is 15.0 Å². The fourth-order valence-electron chi connectivity index (χ4n) is 0.403. The van der Waals surface area contributed by atoms with Crippen molar-refractivity contribution < 1.29 is 0 Å². The lowest BCUT2D eigenvalue weighted by Crippen LogP contribution is -2.34. The van der Waals surface area contributed by atoms with Gasteiger partial charge in [-0.25, -0.2) is 14.4 Å². The molecule has 0 aliphatic rings. The van der Waals surface area contributed by atoms with Crippen molar-refractivity contribution >= 4 is 9.90 Å². The van der Waals surface area contributed by atoms with Crippen LogP contribution in [0, 0.1) is 0 Å². The van der Waals surface area contributed by atoms with Crippen LogP contribution in [0.1, 0.15) is 0 Å². The number of hydrogen-bond acceptors (Lipinski definition) is 3. The molecule has 0 saturated heterocycles. The molecule has 0 fully saturated rings. The van der Waals surface area contributed by atoms with E-state index in [9.17, 15) is 14.4 Å². The van der Waals surface area contributed by atoms with Crippen LogP contribution in [0.2, 0.25) is 0 Å². The van der Waals surface area contributed by atoms with Crippen molar-refractivity contribution in [3.8, 4) is 0 Å². The van der Waals surface area contributed by atoms with Gasteiger partial charge >= 0.3 is 17.1 Å². The molecular formula is C3H6N3O3P. The van der Waals surface area contributed by atoms with Gasteiger partial charge in [0, 0.05) is 0 Å². The van der Waals surface area contributed by atoms with Crippen molar-refractivity contribution in [1.82, 2.24) is 15.0 Å². The SMILES string of the molecule is O=c1[nH]c(=O)[nH]c(=O)[nH]1.P. The van der Waals surface area contributed by atoms with Crippen LogP contribution in [0.5, 0.6) is 0 Å². The summed E-state index contributed by atoms with van der Waals surface area (Å²) in [5, 5.41) is 0. The Morgan fingerprint density at radius 3 is 1.10 bits per heavy atom. The zero-order valence-electron chi connectivity index (χ0n) is 4.93. The first-order valence-corrected chi connectivity index (χ1v) is 2.11. The van der Waals surface area contributed by atoms with E-state index in [2.05, 4.69) is 0 Å². The molecule has 0 amide bonds. The molecular weight excluding hydrogens is 157 g/mol. The Balaban J connectivity index is 0.000000810. The summed E-state index contributed by atoms with van der Waals surface area (Å²) in [5.41, 5.74) is -2.41. The van der Waals surface area contributed by atoms with Crippen LogP contribution < -0.4 is 17.1 Å². The molecule has 0 radical (unpaired) electrons. The summed E-state index contributed by atoms with van der Waals surface area (Å²) >= 11 is 0. The van der Waals surface area contributed by atoms with E-state index >= 15 is 0 Å². The monoisotopic (exact) mass is 163 g/mol. The summed E-state index contributed by atoms with van der Waals surface area (Å²) in [6.07, 6.45) is 0. The highest BCUT2D eigenvalue weighted by Gasteiger charge is 1.84. The van der Waals surface area contributed by atoms with Crippen LogP contribution in [0.3, 0.4) is 0 Å². The molecule has 1 aromatic heterocycles. The van der Waals surface area contributed by atoms with Crippen molar-refractivity contribution in [3.63, 3.8) is 0 Å². The molecule has 1 heterocycles. The van der Waals surface area contributed by atoms with Crippen LogP contribution in [-0.4, -0.2) is 15.0 Å². The Morgan fingerprint density at radius 1 is 0.700 bits per heavy atom. The third kappa shape index (κ3) is 1.99. The second-order valence-corrected chi connectivity index (χ2v) is 1.36. The lowest BCUT2D eigenvalue weighted by atomic mass is 11.0. The fraction of sp³-hybridized carbons (Fsp3) is 0. The van der Waals surface area contributed by atoms with Gasteiger partial charge in [0.25, 0.3) is 0 Å². The molecule has 1 unspecified atom stereocenters. The lowest BCUT2D eigenvalue weighted by molar-refractivity contribution is 0.888. The molecule has 0 saturated carbocycles. The van der Waals surface area contributed by atoms with Crippen molar-refractivity contribution in [2.24, 2.45) is 0 Å². The van der Waals surface area contributed by atoms with E-state index in [4.69, 9.17) is 0 Å². The van der Waals surface area contributed by atoms with E-state index in [1.165, 1.54) is 0 Å². The van der Waals surface area contributed by atoms with Gasteiger partial charge in [-0.1, -0.05) is 0 Å². The summed E-state index contributed by atoms with van der Waals surface area (Å²) in [4.78, 5) is 35.9. The highest BCUT2D eigenvalue weighted by atomic mass is 31.0. The van der Waals surface area contributed by atoms with Gasteiger partial charge < -0.3 is 0 Å². The molecule has 6 nitrogen and oxygen atoms in total. The maximum atomic E-state index is 10.2. The van der Waals surface area contributed by atoms with Gasteiger partial charge in [0.05, 0.1) is 0 Å². The van der Waals surface area contributed by atoms with Crippen LogP contribution in [0.15, 0.2) is 14.4 Å². The second kappa shape index (κ2) is 3.12. The van der Waals surface area contributed by atoms with Crippen molar-refractivity contribution in [3.05, 3.63) is 31.5 Å². The molecule has 0 aliphatic carbocycles. The normalized spacial score (nSPS) is 8.40. The minimum atomic E-state index is -0.802. The standard InChI is InChI=1S/C3H3N3O3.H3P/c7-1-4-2(8)6-3(9)5-1;/h(H3,4,5,6,7,8,9);1H3. The van der Waals surface area contributed by atoms with E-state index < -0.39 is 17.1 Å². The Bertz CT molecular complexity index is 281. The topological polar surface area (TPSA) is 98.6 Å². The smallest absolute Gasteiger partial charge is 0.259 e. The maximum Gasteiger partial charge on any atom is 0.330 e. The molecule has 56 valence electrons. The predicted molar refractivity (Wildman–Crippen MR) is 39.4 cm³/mol.